The van der Waals surface area contributed by atoms with Gasteiger partial charge in [0.1, 0.15) is 34.6 Å². The van der Waals surface area contributed by atoms with Gasteiger partial charge in [-0.25, -0.2) is 4.98 Å². The summed E-state index contributed by atoms with van der Waals surface area (Å²) < 4.78 is 8.30. The van der Waals surface area contributed by atoms with E-state index >= 15 is 0 Å². The lowest BCUT2D eigenvalue weighted by Crippen LogP contribution is -2.54. The summed E-state index contributed by atoms with van der Waals surface area (Å²) in [7, 11) is 0. The molecule has 0 atom stereocenters. The summed E-state index contributed by atoms with van der Waals surface area (Å²) in [6.07, 6.45) is 4.11. The summed E-state index contributed by atoms with van der Waals surface area (Å²) >= 11 is 0. The molecule has 0 saturated heterocycles. The van der Waals surface area contributed by atoms with Crippen LogP contribution in [0.1, 0.15) is 35.2 Å². The van der Waals surface area contributed by atoms with Gasteiger partial charge in [-0.05, 0) is 34.9 Å². The fraction of sp³-hybridized carbons (Fsp3) is 0.162. The predicted octanol–water partition coefficient (Wildman–Crippen LogP) is 5.58. The van der Waals surface area contributed by atoms with Gasteiger partial charge in [-0.2, -0.15) is 5.10 Å². The highest BCUT2D eigenvalue weighted by Gasteiger charge is 2.61. The average molecular weight is 608 g/mol. The Kier molecular flexibility index (Phi) is 6.42. The molecule has 1 amide bonds. The van der Waals surface area contributed by atoms with Crippen LogP contribution < -0.4 is 9.64 Å². The largest absolute Gasteiger partial charge is 0.480 e. The molecule has 2 aliphatic rings. The molecule has 6 aromatic rings. The van der Waals surface area contributed by atoms with Gasteiger partial charge in [-0.1, -0.05) is 91.0 Å². The van der Waals surface area contributed by atoms with Crippen LogP contribution in [-0.4, -0.2) is 49.4 Å². The van der Waals surface area contributed by atoms with E-state index in [4.69, 9.17) is 14.8 Å². The minimum absolute atomic E-state index is 0.243. The summed E-state index contributed by atoms with van der Waals surface area (Å²) in [5.74, 6) is -0.876. The second-order valence-corrected chi connectivity index (χ2v) is 11.8. The zero-order chi connectivity index (χ0) is 31.3. The first-order chi connectivity index (χ1) is 22.5. The van der Waals surface area contributed by atoms with Crippen molar-refractivity contribution in [2.75, 3.05) is 11.4 Å². The zero-order valence-electron chi connectivity index (χ0n) is 24.7. The molecule has 1 aliphatic heterocycles. The standard InChI is InChI=1S/C37H29N5O4/c43-33(44)24-41-31-17-10-20-38-34(31)36(35(41)45)21-28(22-36)46-32-19-18-29-30(39-32)23-42(40-29)37(25-11-4-1-5-12-25,26-13-6-2-7-14-26)27-15-8-3-9-16-27/h1-20,23,28H,21-22,24H2,(H,43,44). The van der Waals surface area contributed by atoms with E-state index in [2.05, 4.69) is 41.4 Å². The lowest BCUT2D eigenvalue weighted by Gasteiger charge is -2.42. The van der Waals surface area contributed by atoms with Crippen LogP contribution in [0.5, 0.6) is 5.88 Å². The minimum atomic E-state index is -1.07. The molecule has 9 nitrogen and oxygen atoms in total. The van der Waals surface area contributed by atoms with E-state index in [9.17, 15) is 14.7 Å². The highest BCUT2D eigenvalue weighted by atomic mass is 16.5. The molecule has 46 heavy (non-hydrogen) atoms. The van der Waals surface area contributed by atoms with Crippen LogP contribution in [0.25, 0.3) is 11.0 Å². The molecule has 9 heteroatoms. The number of fused-ring (bicyclic) bond motifs is 3. The molecular weight excluding hydrogens is 578 g/mol. The first-order valence-electron chi connectivity index (χ1n) is 15.2. The van der Waals surface area contributed by atoms with Crippen molar-refractivity contribution in [3.8, 4) is 5.88 Å². The number of aliphatic carboxylic acids is 1. The summed E-state index contributed by atoms with van der Waals surface area (Å²) in [4.78, 5) is 35.6. The van der Waals surface area contributed by atoms with Crippen LogP contribution in [-0.2, 0) is 20.5 Å². The average Bonchev–Trinajstić information content (AvgIpc) is 3.60. The summed E-state index contributed by atoms with van der Waals surface area (Å²) in [6.45, 7) is -0.399. The Hall–Kier alpha value is -5.83. The van der Waals surface area contributed by atoms with E-state index in [1.165, 1.54) is 4.90 Å². The number of hydrogen-bond acceptors (Lipinski definition) is 6. The third-order valence-electron chi connectivity index (χ3n) is 9.17. The van der Waals surface area contributed by atoms with Crippen LogP contribution >= 0.6 is 0 Å². The monoisotopic (exact) mass is 607 g/mol. The van der Waals surface area contributed by atoms with Crippen molar-refractivity contribution in [1.29, 1.82) is 0 Å². The maximum Gasteiger partial charge on any atom is 0.323 e. The Balaban J connectivity index is 1.14. The SMILES string of the molecule is O=C(O)CN1C(=O)C2(CC(Oc3ccc4nn(C(c5ccccc5)(c5ccccc5)c5ccccc5)cc4n3)C2)c2ncccc21. The molecule has 0 bridgehead atoms. The first kappa shape index (κ1) is 27.7. The topological polar surface area (TPSA) is 110 Å². The molecule has 0 unspecified atom stereocenters. The van der Waals surface area contributed by atoms with Gasteiger partial charge in [0.25, 0.3) is 0 Å². The number of hydrogen-bond donors (Lipinski definition) is 1. The van der Waals surface area contributed by atoms with Gasteiger partial charge < -0.3 is 9.84 Å². The van der Waals surface area contributed by atoms with Gasteiger partial charge in [0.2, 0.25) is 11.8 Å². The van der Waals surface area contributed by atoms with Crippen molar-refractivity contribution in [2.24, 2.45) is 0 Å². The Bertz CT molecular complexity index is 1980. The molecule has 0 radical (unpaired) electrons. The molecule has 1 spiro atoms. The summed E-state index contributed by atoms with van der Waals surface area (Å²) in [5.41, 5.74) is 4.09. The van der Waals surface area contributed by atoms with Crippen LogP contribution in [0.3, 0.4) is 0 Å². The van der Waals surface area contributed by atoms with E-state index in [-0.39, 0.29) is 12.0 Å². The maximum absolute atomic E-state index is 13.5. The molecule has 1 fully saturated rings. The predicted molar refractivity (Wildman–Crippen MR) is 172 cm³/mol. The molecular formula is C37H29N5O4. The zero-order valence-corrected chi connectivity index (χ0v) is 24.7. The number of benzene rings is 3. The van der Waals surface area contributed by atoms with Crippen molar-refractivity contribution in [3.63, 3.8) is 0 Å². The lowest BCUT2D eigenvalue weighted by atomic mass is 9.65. The molecule has 1 N–H and O–H groups in total. The number of carbonyl (C=O) groups is 2. The number of rotatable bonds is 8. The number of carbonyl (C=O) groups excluding carboxylic acids is 1. The molecule has 1 saturated carbocycles. The molecule has 4 heterocycles. The number of nitrogens with zero attached hydrogens (tertiary/aromatic N) is 5. The normalized spacial score (nSPS) is 18.8. The van der Waals surface area contributed by atoms with Gasteiger partial charge >= 0.3 is 5.97 Å². The number of carboxylic acids is 1. The second kappa shape index (κ2) is 10.7. The van der Waals surface area contributed by atoms with E-state index in [1.807, 2.05) is 71.5 Å². The van der Waals surface area contributed by atoms with E-state index in [1.54, 1.807) is 24.4 Å². The smallest absolute Gasteiger partial charge is 0.323 e. The fourth-order valence-electron chi connectivity index (χ4n) is 7.15. The highest BCUT2D eigenvalue weighted by Crippen LogP contribution is 2.53. The van der Waals surface area contributed by atoms with Crippen LogP contribution in [0.4, 0.5) is 5.69 Å². The van der Waals surface area contributed by atoms with Gasteiger partial charge in [0, 0.05) is 25.1 Å². The van der Waals surface area contributed by atoms with Crippen molar-refractivity contribution < 1.29 is 19.4 Å². The quantitative estimate of drug-likeness (QED) is 0.225. The van der Waals surface area contributed by atoms with Crippen LogP contribution in [0, 0.1) is 0 Å². The van der Waals surface area contributed by atoms with Crippen molar-refractivity contribution in [2.45, 2.75) is 29.9 Å². The van der Waals surface area contributed by atoms with Crippen LogP contribution in [0.2, 0.25) is 0 Å². The Labute approximate surface area is 264 Å². The molecule has 8 rings (SSSR count). The van der Waals surface area contributed by atoms with Crippen molar-refractivity contribution in [1.82, 2.24) is 19.7 Å². The van der Waals surface area contributed by atoms with Crippen LogP contribution in [0.15, 0.2) is 128 Å². The van der Waals surface area contributed by atoms with E-state index in [0.717, 1.165) is 22.2 Å². The highest BCUT2D eigenvalue weighted by molar-refractivity contribution is 6.10. The lowest BCUT2D eigenvalue weighted by molar-refractivity contribution is -0.138. The molecule has 226 valence electrons. The molecule has 3 aromatic heterocycles. The minimum Gasteiger partial charge on any atom is -0.480 e. The van der Waals surface area contributed by atoms with E-state index < -0.39 is 23.5 Å². The Morgan fingerprint density at radius 1 is 0.826 bits per heavy atom. The number of aromatic nitrogens is 4. The second-order valence-electron chi connectivity index (χ2n) is 11.8. The Morgan fingerprint density at radius 2 is 1.43 bits per heavy atom. The molecule has 1 aliphatic carbocycles. The fourth-order valence-corrected chi connectivity index (χ4v) is 7.15. The van der Waals surface area contributed by atoms with Gasteiger partial charge in [-0.3, -0.25) is 24.2 Å². The van der Waals surface area contributed by atoms with E-state index in [0.29, 0.717) is 35.6 Å². The van der Waals surface area contributed by atoms with Gasteiger partial charge in [-0.15, -0.1) is 0 Å². The summed E-state index contributed by atoms with van der Waals surface area (Å²) in [6, 6.07) is 38.2. The van der Waals surface area contributed by atoms with Gasteiger partial charge in [0.05, 0.1) is 17.6 Å². The van der Waals surface area contributed by atoms with Gasteiger partial charge in [0.15, 0.2) is 0 Å². The number of ether oxygens (including phenoxy) is 1. The Morgan fingerprint density at radius 3 is 2.02 bits per heavy atom. The number of anilines is 1. The molecule has 3 aromatic carbocycles. The first-order valence-corrected chi connectivity index (χ1v) is 15.2. The summed E-state index contributed by atoms with van der Waals surface area (Å²) in [5, 5.41) is 14.5. The third kappa shape index (κ3) is 4.19. The maximum atomic E-state index is 13.5. The third-order valence-corrected chi connectivity index (χ3v) is 9.17. The number of carboxylic acid groups (broad SMARTS) is 1. The van der Waals surface area contributed by atoms with Crippen molar-refractivity contribution >= 4 is 28.6 Å². The number of amides is 1. The number of pyridine rings is 2. The van der Waals surface area contributed by atoms with Crippen molar-refractivity contribution in [3.05, 3.63) is 150 Å².